The molecule has 0 bridgehead atoms. The summed E-state index contributed by atoms with van der Waals surface area (Å²) >= 11 is 0. The number of hydrogen-bond donors (Lipinski definition) is 2. The molecule has 2 atom stereocenters. The largest absolute Gasteiger partial charge is 0.394 e. The summed E-state index contributed by atoms with van der Waals surface area (Å²) in [6.45, 7) is 7.09. The molecule has 24 heavy (non-hydrogen) atoms. The Balaban J connectivity index is 1.95. The van der Waals surface area contributed by atoms with Gasteiger partial charge in [0.1, 0.15) is 0 Å². The summed E-state index contributed by atoms with van der Waals surface area (Å²) in [5, 5.41) is 12.8. The molecule has 3 nitrogen and oxygen atoms in total. The Morgan fingerprint density at radius 2 is 1.88 bits per heavy atom. The van der Waals surface area contributed by atoms with Crippen molar-refractivity contribution < 1.29 is 9.84 Å². The maximum Gasteiger partial charge on any atom is 0.0869 e. The SMILES string of the molecule is CC(C)(C)c1ccc2c(c1)C(OCCO)CC(c1ccccc1)N2. The zero-order valence-electron chi connectivity index (χ0n) is 14.8. The van der Waals surface area contributed by atoms with Crippen LogP contribution < -0.4 is 5.32 Å². The van der Waals surface area contributed by atoms with Gasteiger partial charge in [-0.3, -0.25) is 0 Å². The molecule has 0 radical (unpaired) electrons. The zero-order valence-corrected chi connectivity index (χ0v) is 14.8. The molecule has 0 spiro atoms. The molecular weight excluding hydrogens is 298 g/mol. The minimum atomic E-state index is 0.000839. The first-order valence-corrected chi connectivity index (χ1v) is 8.67. The molecule has 2 aromatic rings. The van der Waals surface area contributed by atoms with Crippen LogP contribution in [0.2, 0.25) is 0 Å². The summed E-state index contributed by atoms with van der Waals surface area (Å²) in [5.41, 5.74) is 5.00. The number of aliphatic hydroxyl groups is 1. The molecule has 0 aliphatic carbocycles. The summed E-state index contributed by atoms with van der Waals surface area (Å²) in [6.07, 6.45) is 0.867. The van der Waals surface area contributed by atoms with Crippen LogP contribution in [-0.2, 0) is 10.2 Å². The third-order valence-corrected chi connectivity index (χ3v) is 4.66. The number of benzene rings is 2. The highest BCUT2D eigenvalue weighted by Gasteiger charge is 2.29. The number of fused-ring (bicyclic) bond motifs is 1. The normalized spacial score (nSPS) is 20.3. The van der Waals surface area contributed by atoms with Gasteiger partial charge in [0.15, 0.2) is 0 Å². The minimum absolute atomic E-state index is 0.000839. The summed E-state index contributed by atoms with van der Waals surface area (Å²) in [4.78, 5) is 0. The van der Waals surface area contributed by atoms with E-state index in [1.54, 1.807) is 0 Å². The van der Waals surface area contributed by atoms with Gasteiger partial charge >= 0.3 is 0 Å². The Kier molecular flexibility index (Phi) is 4.93. The van der Waals surface area contributed by atoms with E-state index in [1.165, 1.54) is 16.7 Å². The Hall–Kier alpha value is -1.84. The fraction of sp³-hybridized carbons (Fsp3) is 0.429. The predicted octanol–water partition coefficient (Wildman–Crippen LogP) is 4.59. The molecule has 0 saturated heterocycles. The number of hydrogen-bond acceptors (Lipinski definition) is 3. The number of nitrogens with one attached hydrogen (secondary N) is 1. The lowest BCUT2D eigenvalue weighted by Crippen LogP contribution is -2.25. The second-order valence-corrected chi connectivity index (χ2v) is 7.48. The highest BCUT2D eigenvalue weighted by molar-refractivity contribution is 5.58. The van der Waals surface area contributed by atoms with Gasteiger partial charge < -0.3 is 15.2 Å². The van der Waals surface area contributed by atoms with Crippen molar-refractivity contribution in [2.75, 3.05) is 18.5 Å². The van der Waals surface area contributed by atoms with E-state index in [2.05, 4.69) is 68.6 Å². The maximum absolute atomic E-state index is 9.17. The molecule has 1 aliphatic rings. The van der Waals surface area contributed by atoms with E-state index in [-0.39, 0.29) is 24.2 Å². The van der Waals surface area contributed by atoms with Crippen molar-refractivity contribution >= 4 is 5.69 Å². The second-order valence-electron chi connectivity index (χ2n) is 7.48. The van der Waals surface area contributed by atoms with Gasteiger partial charge in [-0.25, -0.2) is 0 Å². The molecule has 0 saturated carbocycles. The molecular formula is C21H27NO2. The molecule has 0 amide bonds. The van der Waals surface area contributed by atoms with Gasteiger partial charge in [0.05, 0.1) is 25.4 Å². The van der Waals surface area contributed by atoms with Gasteiger partial charge in [-0.15, -0.1) is 0 Å². The number of rotatable bonds is 4. The van der Waals surface area contributed by atoms with Gasteiger partial charge in [-0.05, 0) is 22.6 Å². The van der Waals surface area contributed by atoms with Gasteiger partial charge in [0.25, 0.3) is 0 Å². The first-order valence-electron chi connectivity index (χ1n) is 8.67. The number of anilines is 1. The smallest absolute Gasteiger partial charge is 0.0869 e. The third kappa shape index (κ3) is 3.63. The first kappa shape index (κ1) is 17.0. The van der Waals surface area contributed by atoms with Crippen LogP contribution in [0.3, 0.4) is 0 Å². The first-order chi connectivity index (χ1) is 11.5. The van der Waals surface area contributed by atoms with Crippen LogP contribution >= 0.6 is 0 Å². The van der Waals surface area contributed by atoms with Crippen molar-refractivity contribution in [3.05, 3.63) is 65.2 Å². The van der Waals surface area contributed by atoms with E-state index < -0.39 is 0 Å². The van der Waals surface area contributed by atoms with E-state index in [9.17, 15) is 5.11 Å². The van der Waals surface area contributed by atoms with Crippen LogP contribution in [0.5, 0.6) is 0 Å². The van der Waals surface area contributed by atoms with Crippen molar-refractivity contribution in [1.29, 1.82) is 0 Å². The van der Waals surface area contributed by atoms with Crippen LogP contribution in [0.25, 0.3) is 0 Å². The molecule has 128 valence electrons. The maximum atomic E-state index is 9.17. The minimum Gasteiger partial charge on any atom is -0.394 e. The summed E-state index contributed by atoms with van der Waals surface area (Å²) in [6, 6.07) is 17.3. The lowest BCUT2D eigenvalue weighted by Gasteiger charge is -2.34. The Labute approximate surface area is 144 Å². The van der Waals surface area contributed by atoms with E-state index in [4.69, 9.17) is 4.74 Å². The monoisotopic (exact) mass is 325 g/mol. The molecule has 2 aromatic carbocycles. The van der Waals surface area contributed by atoms with Crippen LogP contribution in [-0.4, -0.2) is 18.3 Å². The standard InChI is InChI=1S/C21H27NO2/c1-21(2,3)16-9-10-18-17(13-16)20(24-12-11-23)14-19(22-18)15-7-5-4-6-8-15/h4-10,13,19-20,22-23H,11-12,14H2,1-3H3. The van der Waals surface area contributed by atoms with Crippen molar-refractivity contribution in [2.45, 2.75) is 44.8 Å². The van der Waals surface area contributed by atoms with Gasteiger partial charge in [0, 0.05) is 17.7 Å². The molecule has 2 unspecified atom stereocenters. The van der Waals surface area contributed by atoms with Crippen molar-refractivity contribution in [2.24, 2.45) is 0 Å². The fourth-order valence-corrected chi connectivity index (χ4v) is 3.27. The molecule has 1 aliphatic heterocycles. The van der Waals surface area contributed by atoms with E-state index >= 15 is 0 Å². The van der Waals surface area contributed by atoms with E-state index in [0.717, 1.165) is 12.1 Å². The average molecular weight is 325 g/mol. The molecule has 2 N–H and O–H groups in total. The second kappa shape index (κ2) is 6.96. The Morgan fingerprint density at radius 1 is 1.12 bits per heavy atom. The Bertz CT molecular complexity index is 676. The van der Waals surface area contributed by atoms with Gasteiger partial charge in [-0.2, -0.15) is 0 Å². The fourth-order valence-electron chi connectivity index (χ4n) is 3.27. The van der Waals surface area contributed by atoms with Crippen molar-refractivity contribution in [1.82, 2.24) is 0 Å². The van der Waals surface area contributed by atoms with Crippen LogP contribution in [0.4, 0.5) is 5.69 Å². The predicted molar refractivity (Wildman–Crippen MR) is 98.3 cm³/mol. The van der Waals surface area contributed by atoms with E-state index in [1.807, 2.05) is 6.07 Å². The van der Waals surface area contributed by atoms with Crippen LogP contribution in [0.15, 0.2) is 48.5 Å². The van der Waals surface area contributed by atoms with Gasteiger partial charge in [0.2, 0.25) is 0 Å². The number of ether oxygens (including phenoxy) is 1. The summed E-state index contributed by atoms with van der Waals surface area (Å²) in [5.74, 6) is 0. The highest BCUT2D eigenvalue weighted by Crippen LogP contribution is 2.42. The molecule has 1 heterocycles. The van der Waals surface area contributed by atoms with Crippen molar-refractivity contribution in [3.63, 3.8) is 0 Å². The molecule has 3 heteroatoms. The summed E-state index contributed by atoms with van der Waals surface area (Å²) in [7, 11) is 0. The average Bonchev–Trinajstić information content (AvgIpc) is 2.59. The molecule has 0 aromatic heterocycles. The summed E-state index contributed by atoms with van der Waals surface area (Å²) < 4.78 is 5.99. The molecule has 3 rings (SSSR count). The lowest BCUT2D eigenvalue weighted by molar-refractivity contribution is 0.0182. The molecule has 0 fully saturated rings. The van der Waals surface area contributed by atoms with Crippen LogP contribution in [0, 0.1) is 0 Å². The quantitative estimate of drug-likeness (QED) is 0.864. The zero-order chi connectivity index (χ0) is 17.2. The number of aliphatic hydroxyl groups excluding tert-OH is 1. The van der Waals surface area contributed by atoms with Crippen molar-refractivity contribution in [3.8, 4) is 0 Å². The van der Waals surface area contributed by atoms with E-state index in [0.29, 0.717) is 6.61 Å². The van der Waals surface area contributed by atoms with Gasteiger partial charge in [-0.1, -0.05) is 63.2 Å². The third-order valence-electron chi connectivity index (χ3n) is 4.66. The lowest BCUT2D eigenvalue weighted by atomic mass is 9.83. The topological polar surface area (TPSA) is 41.5 Å². The highest BCUT2D eigenvalue weighted by atomic mass is 16.5. The van der Waals surface area contributed by atoms with Crippen LogP contribution in [0.1, 0.15) is 56.0 Å². The Morgan fingerprint density at radius 3 is 2.54 bits per heavy atom.